The van der Waals surface area contributed by atoms with Crippen LogP contribution in [-0.2, 0) is 6.54 Å². The fourth-order valence-corrected chi connectivity index (χ4v) is 2.88. The van der Waals surface area contributed by atoms with E-state index >= 15 is 0 Å². The highest BCUT2D eigenvalue weighted by molar-refractivity contribution is 5.49. The Balaban J connectivity index is 1.66. The summed E-state index contributed by atoms with van der Waals surface area (Å²) in [5.41, 5.74) is 2.24. The Labute approximate surface area is 132 Å². The molecule has 3 rings (SSSR count). The van der Waals surface area contributed by atoms with Gasteiger partial charge in [0.1, 0.15) is 11.5 Å². The SMILES string of the molecule is COc1cccc(NCc2ccccc2OC2CCCC2)c1. The third kappa shape index (κ3) is 3.73. The number of hydrogen-bond acceptors (Lipinski definition) is 3. The first-order chi connectivity index (χ1) is 10.8. The van der Waals surface area contributed by atoms with Gasteiger partial charge in [0, 0.05) is 23.9 Å². The smallest absolute Gasteiger partial charge is 0.124 e. The summed E-state index contributed by atoms with van der Waals surface area (Å²) >= 11 is 0. The molecule has 2 aromatic rings. The minimum Gasteiger partial charge on any atom is -0.497 e. The summed E-state index contributed by atoms with van der Waals surface area (Å²) < 4.78 is 11.4. The Hall–Kier alpha value is -2.16. The maximum absolute atomic E-state index is 6.18. The van der Waals surface area contributed by atoms with Gasteiger partial charge in [-0.15, -0.1) is 0 Å². The predicted octanol–water partition coefficient (Wildman–Crippen LogP) is 4.63. The van der Waals surface area contributed by atoms with Crippen molar-refractivity contribution in [3.05, 3.63) is 54.1 Å². The number of nitrogens with one attached hydrogen (secondary N) is 1. The molecule has 22 heavy (non-hydrogen) atoms. The quantitative estimate of drug-likeness (QED) is 0.843. The van der Waals surface area contributed by atoms with Crippen molar-refractivity contribution >= 4 is 5.69 Å². The van der Waals surface area contributed by atoms with Crippen LogP contribution in [0.4, 0.5) is 5.69 Å². The van der Waals surface area contributed by atoms with Gasteiger partial charge in [0.2, 0.25) is 0 Å². The first kappa shape index (κ1) is 14.8. The molecular formula is C19H23NO2. The number of para-hydroxylation sites is 1. The summed E-state index contributed by atoms with van der Waals surface area (Å²) in [5, 5.41) is 3.44. The molecule has 1 aliphatic carbocycles. The second-order valence-corrected chi connectivity index (χ2v) is 5.72. The summed E-state index contributed by atoms with van der Waals surface area (Å²) in [7, 11) is 1.68. The fourth-order valence-electron chi connectivity index (χ4n) is 2.88. The van der Waals surface area contributed by atoms with Gasteiger partial charge in [-0.25, -0.2) is 0 Å². The van der Waals surface area contributed by atoms with Crippen molar-refractivity contribution in [3.8, 4) is 11.5 Å². The van der Waals surface area contributed by atoms with E-state index in [0.29, 0.717) is 6.10 Å². The molecule has 0 unspecified atom stereocenters. The topological polar surface area (TPSA) is 30.5 Å². The average Bonchev–Trinajstić information content (AvgIpc) is 3.07. The first-order valence-corrected chi connectivity index (χ1v) is 7.97. The van der Waals surface area contributed by atoms with Crippen LogP contribution in [0.3, 0.4) is 0 Å². The molecule has 116 valence electrons. The van der Waals surface area contributed by atoms with E-state index in [9.17, 15) is 0 Å². The van der Waals surface area contributed by atoms with Crippen LogP contribution in [0.25, 0.3) is 0 Å². The van der Waals surface area contributed by atoms with Gasteiger partial charge in [-0.2, -0.15) is 0 Å². The highest BCUT2D eigenvalue weighted by Crippen LogP contribution is 2.27. The Kier molecular flexibility index (Phi) is 4.84. The van der Waals surface area contributed by atoms with Crippen LogP contribution in [0.5, 0.6) is 11.5 Å². The monoisotopic (exact) mass is 297 g/mol. The van der Waals surface area contributed by atoms with Crippen molar-refractivity contribution in [2.45, 2.75) is 38.3 Å². The van der Waals surface area contributed by atoms with E-state index in [-0.39, 0.29) is 0 Å². The van der Waals surface area contributed by atoms with E-state index < -0.39 is 0 Å². The van der Waals surface area contributed by atoms with Crippen LogP contribution in [-0.4, -0.2) is 13.2 Å². The number of anilines is 1. The van der Waals surface area contributed by atoms with Gasteiger partial charge in [0.15, 0.2) is 0 Å². The van der Waals surface area contributed by atoms with E-state index in [4.69, 9.17) is 9.47 Å². The maximum Gasteiger partial charge on any atom is 0.124 e. The summed E-state index contributed by atoms with van der Waals surface area (Å²) in [5.74, 6) is 1.87. The van der Waals surface area contributed by atoms with Gasteiger partial charge in [0.05, 0.1) is 13.2 Å². The van der Waals surface area contributed by atoms with E-state index in [0.717, 1.165) is 23.7 Å². The van der Waals surface area contributed by atoms with Crippen molar-refractivity contribution in [2.24, 2.45) is 0 Å². The lowest BCUT2D eigenvalue weighted by Gasteiger charge is -2.17. The second-order valence-electron chi connectivity index (χ2n) is 5.72. The molecule has 0 spiro atoms. The molecule has 0 aliphatic heterocycles. The Morgan fingerprint density at radius 1 is 1.05 bits per heavy atom. The van der Waals surface area contributed by atoms with Gasteiger partial charge < -0.3 is 14.8 Å². The molecule has 3 nitrogen and oxygen atoms in total. The lowest BCUT2D eigenvalue weighted by atomic mass is 10.2. The number of ether oxygens (including phenoxy) is 2. The zero-order valence-corrected chi connectivity index (χ0v) is 13.0. The van der Waals surface area contributed by atoms with Crippen molar-refractivity contribution in [1.29, 1.82) is 0 Å². The molecule has 2 aromatic carbocycles. The molecular weight excluding hydrogens is 274 g/mol. The van der Waals surface area contributed by atoms with Crippen molar-refractivity contribution in [2.75, 3.05) is 12.4 Å². The zero-order valence-electron chi connectivity index (χ0n) is 13.0. The summed E-state index contributed by atoms with van der Waals surface area (Å²) in [6.07, 6.45) is 5.32. The minimum absolute atomic E-state index is 0.387. The van der Waals surface area contributed by atoms with Crippen LogP contribution >= 0.6 is 0 Å². The van der Waals surface area contributed by atoms with Crippen molar-refractivity contribution in [1.82, 2.24) is 0 Å². The number of rotatable bonds is 6. The minimum atomic E-state index is 0.387. The molecule has 0 atom stereocenters. The lowest BCUT2D eigenvalue weighted by molar-refractivity contribution is 0.208. The molecule has 0 saturated heterocycles. The van der Waals surface area contributed by atoms with Gasteiger partial charge in [-0.3, -0.25) is 0 Å². The predicted molar refractivity (Wildman–Crippen MR) is 89.6 cm³/mol. The summed E-state index contributed by atoms with van der Waals surface area (Å²) in [6.45, 7) is 0.746. The van der Waals surface area contributed by atoms with Crippen LogP contribution < -0.4 is 14.8 Å². The van der Waals surface area contributed by atoms with Crippen LogP contribution in [0.1, 0.15) is 31.2 Å². The third-order valence-electron chi connectivity index (χ3n) is 4.12. The van der Waals surface area contributed by atoms with E-state index in [1.54, 1.807) is 7.11 Å². The van der Waals surface area contributed by atoms with Gasteiger partial charge >= 0.3 is 0 Å². The van der Waals surface area contributed by atoms with E-state index in [2.05, 4.69) is 23.5 Å². The molecule has 0 bridgehead atoms. The fraction of sp³-hybridized carbons (Fsp3) is 0.368. The van der Waals surface area contributed by atoms with E-state index in [1.807, 2.05) is 30.3 Å². The largest absolute Gasteiger partial charge is 0.497 e. The molecule has 0 radical (unpaired) electrons. The molecule has 1 aliphatic rings. The molecule has 3 heteroatoms. The zero-order chi connectivity index (χ0) is 15.2. The summed E-state index contributed by atoms with van der Waals surface area (Å²) in [4.78, 5) is 0. The normalized spacial score (nSPS) is 14.8. The molecule has 0 amide bonds. The van der Waals surface area contributed by atoms with Crippen LogP contribution in [0.15, 0.2) is 48.5 Å². The van der Waals surface area contributed by atoms with Crippen LogP contribution in [0.2, 0.25) is 0 Å². The number of hydrogen-bond donors (Lipinski definition) is 1. The second kappa shape index (κ2) is 7.21. The average molecular weight is 297 g/mol. The molecule has 1 fully saturated rings. The maximum atomic E-state index is 6.18. The molecule has 1 saturated carbocycles. The van der Waals surface area contributed by atoms with Crippen molar-refractivity contribution < 1.29 is 9.47 Å². The Morgan fingerprint density at radius 2 is 1.86 bits per heavy atom. The highest BCUT2D eigenvalue weighted by Gasteiger charge is 2.17. The van der Waals surface area contributed by atoms with Gasteiger partial charge in [-0.05, 0) is 43.9 Å². The first-order valence-electron chi connectivity index (χ1n) is 7.97. The van der Waals surface area contributed by atoms with Crippen molar-refractivity contribution in [3.63, 3.8) is 0 Å². The standard InChI is InChI=1S/C19H23NO2/c1-21-18-11-6-8-16(13-18)20-14-15-7-2-5-12-19(15)22-17-9-3-4-10-17/h2,5-8,11-13,17,20H,3-4,9-10,14H2,1H3. The number of benzene rings is 2. The van der Waals surface area contributed by atoms with Gasteiger partial charge in [0.25, 0.3) is 0 Å². The Bertz CT molecular complexity index is 606. The van der Waals surface area contributed by atoms with Crippen LogP contribution in [0, 0.1) is 0 Å². The number of methoxy groups -OCH3 is 1. The third-order valence-corrected chi connectivity index (χ3v) is 4.12. The van der Waals surface area contributed by atoms with Gasteiger partial charge in [-0.1, -0.05) is 24.3 Å². The highest BCUT2D eigenvalue weighted by atomic mass is 16.5. The molecule has 0 heterocycles. The summed E-state index contributed by atoms with van der Waals surface area (Å²) in [6, 6.07) is 16.3. The molecule has 0 aromatic heterocycles. The lowest BCUT2D eigenvalue weighted by Crippen LogP contribution is -2.13. The Morgan fingerprint density at radius 3 is 2.68 bits per heavy atom. The molecule has 1 N–H and O–H groups in total. The van der Waals surface area contributed by atoms with E-state index in [1.165, 1.54) is 31.2 Å².